The Kier molecular flexibility index (Phi) is 21.9. The van der Waals surface area contributed by atoms with Crippen LogP contribution in [0.1, 0.15) is 7.43 Å². The van der Waals surface area contributed by atoms with Crippen molar-refractivity contribution in [2.45, 2.75) is 7.43 Å². The van der Waals surface area contributed by atoms with Crippen LogP contribution in [0, 0.1) is 0 Å². The van der Waals surface area contributed by atoms with Crippen molar-refractivity contribution in [1.29, 1.82) is 0 Å². The largest absolute Gasteiger partial charge is 0.129 e. The van der Waals surface area contributed by atoms with E-state index in [1.165, 1.54) is 0 Å². The van der Waals surface area contributed by atoms with Crippen molar-refractivity contribution in [1.82, 2.24) is 0 Å². The molecule has 0 unspecified atom stereocenters. The molecule has 0 rings (SSSR count). The average Bonchev–Trinajstić information content (AvgIpc) is 0.918. The van der Waals surface area contributed by atoms with E-state index < -0.39 is 0 Å². The maximum Gasteiger partial charge on any atom is -0.0475 e. The molecule has 0 aliphatic carbocycles. The van der Waals surface area contributed by atoms with E-state index in [1.54, 1.807) is 0 Å². The first kappa shape index (κ1) is 8.83. The summed E-state index contributed by atoms with van der Waals surface area (Å²) in [5.74, 6) is 0. The summed E-state index contributed by atoms with van der Waals surface area (Å²) in [6.45, 7) is 4.31. The van der Waals surface area contributed by atoms with Gasteiger partial charge in [-0.2, -0.15) is 0 Å². The van der Waals surface area contributed by atoms with Crippen LogP contribution in [0.2, 0.25) is 0 Å². The molecule has 0 aliphatic rings. The lowest BCUT2D eigenvalue weighted by Crippen LogP contribution is -1.18. The van der Waals surface area contributed by atoms with Gasteiger partial charge in [0.25, 0.3) is 0 Å². The third-order valence-corrected chi connectivity index (χ3v) is 0. The third-order valence-electron chi connectivity index (χ3n) is 0. The highest BCUT2D eigenvalue weighted by Gasteiger charge is 1.33. The monoisotopic (exact) mass is 78.1 g/mol. The molecule has 0 N–H and O–H groups in total. The molecule has 28 valence electrons. The van der Waals surface area contributed by atoms with Crippen LogP contribution < -0.4 is 0 Å². The van der Waals surface area contributed by atoms with Gasteiger partial charge in [-0.05, 0) is 13.3 Å². The van der Waals surface area contributed by atoms with E-state index in [4.69, 9.17) is 0 Å². The predicted molar refractivity (Wildman–Crippen MR) is 26.9 cm³/mol. The lowest BCUT2D eigenvalue weighted by molar-refractivity contribution is 2.32. The van der Waals surface area contributed by atoms with Crippen LogP contribution >= 0.6 is 8.58 Å². The summed E-state index contributed by atoms with van der Waals surface area (Å²) in [4.78, 5) is 0. The first-order valence-electron chi connectivity index (χ1n) is 1.00. The molecule has 1 heteroatoms. The average molecular weight is 78.1 g/mol. The van der Waals surface area contributed by atoms with Gasteiger partial charge in [-0.15, -0.1) is 8.58 Å². The van der Waals surface area contributed by atoms with Gasteiger partial charge in [0.15, 0.2) is 0 Å². The molecule has 0 nitrogen and oxygen atoms in total. The molecule has 0 atom stereocenters. The summed E-state index contributed by atoms with van der Waals surface area (Å²) in [6.07, 6.45) is 0. The molecule has 0 radical (unpaired) electrons. The molecular formula is C3H11P. The van der Waals surface area contributed by atoms with E-state index in [0.717, 1.165) is 8.58 Å². The quantitative estimate of drug-likeness (QED) is 0.386. The van der Waals surface area contributed by atoms with Gasteiger partial charge in [0.2, 0.25) is 0 Å². The fourth-order valence-electron chi connectivity index (χ4n) is 0. The Morgan fingerprint density at radius 1 is 1.25 bits per heavy atom. The van der Waals surface area contributed by atoms with Gasteiger partial charge in [0.1, 0.15) is 0 Å². The molecule has 0 bridgehead atoms. The Morgan fingerprint density at radius 3 is 1.25 bits per heavy atom. The SMILES string of the molecule is C.CPC. The van der Waals surface area contributed by atoms with E-state index in [-0.39, 0.29) is 7.43 Å². The summed E-state index contributed by atoms with van der Waals surface area (Å²) < 4.78 is 0. The Balaban J connectivity index is 0. The van der Waals surface area contributed by atoms with Crippen LogP contribution in [0.3, 0.4) is 0 Å². The lowest BCUT2D eigenvalue weighted by atomic mass is 11.9. The molecule has 0 heterocycles. The molecule has 0 amide bonds. The summed E-state index contributed by atoms with van der Waals surface area (Å²) in [6, 6.07) is 0. The second kappa shape index (κ2) is 9.90. The van der Waals surface area contributed by atoms with Crippen molar-refractivity contribution in [3.05, 3.63) is 0 Å². The number of hydrogen-bond donors (Lipinski definition) is 0. The van der Waals surface area contributed by atoms with Gasteiger partial charge in [0, 0.05) is 0 Å². The van der Waals surface area contributed by atoms with Crippen LogP contribution in [0.15, 0.2) is 0 Å². The van der Waals surface area contributed by atoms with Crippen LogP contribution in [-0.2, 0) is 0 Å². The van der Waals surface area contributed by atoms with Gasteiger partial charge in [-0.25, -0.2) is 0 Å². The van der Waals surface area contributed by atoms with Crippen LogP contribution in [0.4, 0.5) is 0 Å². The summed E-state index contributed by atoms with van der Waals surface area (Å²) in [5, 5.41) is 0. The van der Waals surface area contributed by atoms with E-state index in [1.807, 2.05) is 0 Å². The molecule has 0 fully saturated rings. The normalized spacial score (nSPS) is 4.50. The van der Waals surface area contributed by atoms with Crippen molar-refractivity contribution in [3.8, 4) is 0 Å². The zero-order valence-corrected chi connectivity index (χ0v) is 3.50. The number of rotatable bonds is 0. The molecule has 0 aliphatic heterocycles. The van der Waals surface area contributed by atoms with E-state index in [0.29, 0.717) is 0 Å². The van der Waals surface area contributed by atoms with Crippen LogP contribution in [0.5, 0.6) is 0 Å². The fraction of sp³-hybridized carbons (Fsp3) is 1.00. The second-order valence-corrected chi connectivity index (χ2v) is 1.50. The highest BCUT2D eigenvalue weighted by molar-refractivity contribution is 7.35. The Morgan fingerprint density at radius 2 is 1.25 bits per heavy atom. The highest BCUT2D eigenvalue weighted by atomic mass is 31.1. The van der Waals surface area contributed by atoms with Gasteiger partial charge in [-0.1, -0.05) is 7.43 Å². The Labute approximate surface area is 30.4 Å². The minimum Gasteiger partial charge on any atom is -0.129 e. The summed E-state index contributed by atoms with van der Waals surface area (Å²) in [5.41, 5.74) is 0. The van der Waals surface area contributed by atoms with E-state index in [2.05, 4.69) is 13.3 Å². The molecular weight excluding hydrogens is 67.0 g/mol. The second-order valence-electron chi connectivity index (χ2n) is 0.500. The lowest BCUT2D eigenvalue weighted by Gasteiger charge is -1.50. The summed E-state index contributed by atoms with van der Waals surface area (Å²) in [7, 11) is 1.08. The first-order valence-corrected chi connectivity index (χ1v) is 3.00. The summed E-state index contributed by atoms with van der Waals surface area (Å²) >= 11 is 0. The van der Waals surface area contributed by atoms with Crippen molar-refractivity contribution < 1.29 is 0 Å². The van der Waals surface area contributed by atoms with Gasteiger partial charge >= 0.3 is 0 Å². The third kappa shape index (κ3) is 26.9. The molecule has 0 aromatic rings. The molecule has 0 aromatic heterocycles. The smallest absolute Gasteiger partial charge is 0.0475 e. The minimum atomic E-state index is 0. The van der Waals surface area contributed by atoms with Crippen molar-refractivity contribution >= 4 is 8.58 Å². The van der Waals surface area contributed by atoms with E-state index >= 15 is 0 Å². The zero-order valence-electron chi connectivity index (χ0n) is 2.50. The molecule has 0 aromatic carbocycles. The maximum atomic E-state index is 2.15. The predicted octanol–water partition coefficient (Wildman–Crippen LogP) is 1.56. The highest BCUT2D eigenvalue weighted by Crippen LogP contribution is 1.84. The topological polar surface area (TPSA) is 0 Å². The number of hydrogen-bond acceptors (Lipinski definition) is 0. The van der Waals surface area contributed by atoms with Crippen molar-refractivity contribution in [2.75, 3.05) is 13.3 Å². The van der Waals surface area contributed by atoms with Crippen molar-refractivity contribution in [2.24, 2.45) is 0 Å². The first-order chi connectivity index (χ1) is 1.41. The molecule has 0 saturated heterocycles. The minimum absolute atomic E-state index is 0. The van der Waals surface area contributed by atoms with Crippen LogP contribution in [0.25, 0.3) is 0 Å². The molecule has 0 saturated carbocycles. The Hall–Kier alpha value is 0.430. The standard InChI is InChI=1S/C2H7P.CH4/c1-3-2;/h3H,1-2H3;1H4. The zero-order chi connectivity index (χ0) is 2.71. The van der Waals surface area contributed by atoms with Gasteiger partial charge < -0.3 is 0 Å². The van der Waals surface area contributed by atoms with Gasteiger partial charge in [0.05, 0.1) is 0 Å². The molecule has 4 heavy (non-hydrogen) atoms. The van der Waals surface area contributed by atoms with Crippen LogP contribution in [-0.4, -0.2) is 13.3 Å². The van der Waals surface area contributed by atoms with Gasteiger partial charge in [-0.3, -0.25) is 0 Å². The van der Waals surface area contributed by atoms with Crippen molar-refractivity contribution in [3.63, 3.8) is 0 Å². The molecule has 0 spiro atoms. The van der Waals surface area contributed by atoms with E-state index in [9.17, 15) is 0 Å². The maximum absolute atomic E-state index is 2.15. The Bertz CT molecular complexity index is 3.25. The fourth-order valence-corrected chi connectivity index (χ4v) is 0.